The number of carbonyl (C=O) groups excluding carboxylic acids is 2. The van der Waals surface area contributed by atoms with Crippen molar-refractivity contribution in [3.05, 3.63) is 74.7 Å². The number of aromatic nitrogens is 1. The highest BCUT2D eigenvalue weighted by Gasteiger charge is 2.32. The number of ether oxygens (including phenoxy) is 1. The van der Waals surface area contributed by atoms with Crippen molar-refractivity contribution in [2.24, 2.45) is 0 Å². The van der Waals surface area contributed by atoms with E-state index in [1.54, 1.807) is 23.5 Å². The Morgan fingerprint density at radius 3 is 2.74 bits per heavy atom. The molecule has 6 rings (SSSR count). The summed E-state index contributed by atoms with van der Waals surface area (Å²) in [4.78, 5) is 36.8. The SMILES string of the molecule is O=C(Nc1nc2c(s1)C[C@@H](N1CCOCC1)CC2)c1cccc([C@H]2CCCN2C(=O)c2ccc(O)c(Cl)c2)c1. The Morgan fingerprint density at radius 1 is 1.08 bits per heavy atom. The van der Waals surface area contributed by atoms with Crippen LogP contribution in [0.5, 0.6) is 5.75 Å². The number of benzene rings is 2. The average Bonchev–Trinajstić information content (AvgIpc) is 3.61. The van der Waals surface area contributed by atoms with E-state index in [-0.39, 0.29) is 28.6 Å². The summed E-state index contributed by atoms with van der Waals surface area (Å²) < 4.78 is 5.51. The van der Waals surface area contributed by atoms with Gasteiger partial charge in [0, 0.05) is 41.7 Å². The van der Waals surface area contributed by atoms with Crippen LogP contribution in [0.4, 0.5) is 5.13 Å². The lowest BCUT2D eigenvalue weighted by Crippen LogP contribution is -2.45. The van der Waals surface area contributed by atoms with Crippen LogP contribution in [0.15, 0.2) is 42.5 Å². The fourth-order valence-corrected chi connectivity index (χ4v) is 7.14. The van der Waals surface area contributed by atoms with Gasteiger partial charge in [0.05, 0.1) is 30.0 Å². The zero-order chi connectivity index (χ0) is 26.9. The molecule has 2 aliphatic heterocycles. The van der Waals surface area contributed by atoms with E-state index in [0.29, 0.717) is 28.8 Å². The van der Waals surface area contributed by atoms with Gasteiger partial charge in [-0.25, -0.2) is 4.98 Å². The van der Waals surface area contributed by atoms with Crippen molar-refractivity contribution in [3.63, 3.8) is 0 Å². The molecule has 0 radical (unpaired) electrons. The summed E-state index contributed by atoms with van der Waals surface area (Å²) >= 11 is 7.62. The highest BCUT2D eigenvalue weighted by molar-refractivity contribution is 7.15. The summed E-state index contributed by atoms with van der Waals surface area (Å²) in [5, 5.41) is 13.5. The molecule has 204 valence electrons. The van der Waals surface area contributed by atoms with E-state index >= 15 is 0 Å². The van der Waals surface area contributed by atoms with Gasteiger partial charge in [-0.3, -0.25) is 19.8 Å². The predicted molar refractivity (Wildman–Crippen MR) is 151 cm³/mol. The number of nitrogens with zero attached hydrogens (tertiary/aromatic N) is 3. The maximum absolute atomic E-state index is 13.3. The topological polar surface area (TPSA) is 95.0 Å². The third-order valence-corrected chi connectivity index (χ3v) is 9.28. The first-order chi connectivity index (χ1) is 19.0. The van der Waals surface area contributed by atoms with Gasteiger partial charge in [0.15, 0.2) is 5.13 Å². The second-order valence-corrected chi connectivity index (χ2v) is 11.8. The molecule has 0 saturated carbocycles. The quantitative estimate of drug-likeness (QED) is 0.455. The third-order valence-electron chi connectivity index (χ3n) is 7.94. The highest BCUT2D eigenvalue weighted by atomic mass is 35.5. The number of aromatic hydroxyl groups is 1. The fourth-order valence-electron chi connectivity index (χ4n) is 5.88. The van der Waals surface area contributed by atoms with E-state index in [2.05, 4.69) is 10.2 Å². The average molecular weight is 567 g/mol. The third kappa shape index (κ3) is 5.54. The maximum atomic E-state index is 13.3. The summed E-state index contributed by atoms with van der Waals surface area (Å²) in [5.74, 6) is -0.394. The van der Waals surface area contributed by atoms with E-state index in [1.165, 1.54) is 17.0 Å². The van der Waals surface area contributed by atoms with Crippen LogP contribution >= 0.6 is 22.9 Å². The van der Waals surface area contributed by atoms with Crippen LogP contribution in [0.2, 0.25) is 5.02 Å². The number of thiazole rings is 1. The molecule has 0 spiro atoms. The Bertz CT molecular complexity index is 1390. The van der Waals surface area contributed by atoms with Crippen LogP contribution in [-0.4, -0.2) is 70.6 Å². The largest absolute Gasteiger partial charge is 0.506 e. The molecule has 10 heteroatoms. The van der Waals surface area contributed by atoms with Crippen LogP contribution in [-0.2, 0) is 17.6 Å². The molecule has 2 N–H and O–H groups in total. The molecule has 1 aromatic heterocycles. The Hall–Kier alpha value is -2.98. The van der Waals surface area contributed by atoms with Crippen LogP contribution in [0.3, 0.4) is 0 Å². The Kier molecular flexibility index (Phi) is 7.57. The number of hydrogen-bond acceptors (Lipinski definition) is 7. The summed E-state index contributed by atoms with van der Waals surface area (Å²) in [6, 6.07) is 12.4. The number of phenolic OH excluding ortho intramolecular Hbond substituents is 1. The molecule has 3 aliphatic rings. The fraction of sp³-hybridized carbons (Fsp3) is 0.414. The number of halogens is 1. The van der Waals surface area contributed by atoms with Crippen LogP contribution in [0.25, 0.3) is 0 Å². The minimum absolute atomic E-state index is 0.0529. The molecule has 3 heterocycles. The van der Waals surface area contributed by atoms with Crippen LogP contribution in [0, 0.1) is 0 Å². The molecule has 39 heavy (non-hydrogen) atoms. The van der Waals surface area contributed by atoms with Crippen LogP contribution < -0.4 is 5.32 Å². The van der Waals surface area contributed by atoms with E-state index < -0.39 is 0 Å². The Labute approximate surface area is 236 Å². The number of aryl methyl sites for hydroxylation is 1. The number of anilines is 1. The number of morpholine rings is 1. The maximum Gasteiger partial charge on any atom is 0.257 e. The van der Waals surface area contributed by atoms with E-state index in [0.717, 1.165) is 69.7 Å². The van der Waals surface area contributed by atoms with E-state index in [9.17, 15) is 14.7 Å². The van der Waals surface area contributed by atoms with Gasteiger partial charge in [-0.1, -0.05) is 23.7 Å². The molecule has 8 nitrogen and oxygen atoms in total. The van der Waals surface area contributed by atoms with E-state index in [4.69, 9.17) is 21.3 Å². The summed E-state index contributed by atoms with van der Waals surface area (Å²) in [7, 11) is 0. The zero-order valence-electron chi connectivity index (χ0n) is 21.6. The van der Waals surface area contributed by atoms with Crippen molar-refractivity contribution < 1.29 is 19.4 Å². The van der Waals surface area contributed by atoms with Crippen molar-refractivity contribution in [1.29, 1.82) is 0 Å². The lowest BCUT2D eigenvalue weighted by Gasteiger charge is -2.36. The van der Waals surface area contributed by atoms with Gasteiger partial charge in [-0.15, -0.1) is 11.3 Å². The zero-order valence-corrected chi connectivity index (χ0v) is 23.1. The number of phenols is 1. The number of carbonyl (C=O) groups is 2. The molecular weight excluding hydrogens is 536 g/mol. The Morgan fingerprint density at radius 2 is 1.92 bits per heavy atom. The number of nitrogens with one attached hydrogen (secondary N) is 1. The number of rotatable bonds is 5. The van der Waals surface area contributed by atoms with Gasteiger partial charge in [0.1, 0.15) is 5.75 Å². The first-order valence-corrected chi connectivity index (χ1v) is 14.7. The predicted octanol–water partition coefficient (Wildman–Crippen LogP) is 4.92. The number of hydrogen-bond donors (Lipinski definition) is 2. The van der Waals surface area contributed by atoms with Gasteiger partial charge in [0.25, 0.3) is 11.8 Å². The van der Waals surface area contributed by atoms with E-state index in [1.807, 2.05) is 23.1 Å². The first-order valence-electron chi connectivity index (χ1n) is 13.5. The molecule has 2 amide bonds. The Balaban J connectivity index is 1.14. The monoisotopic (exact) mass is 566 g/mol. The minimum Gasteiger partial charge on any atom is -0.506 e. The highest BCUT2D eigenvalue weighted by Crippen LogP contribution is 2.35. The van der Waals surface area contributed by atoms with Crippen molar-refractivity contribution in [3.8, 4) is 5.75 Å². The summed E-state index contributed by atoms with van der Waals surface area (Å²) in [5.41, 5.74) is 2.99. The molecule has 2 saturated heterocycles. The van der Waals surface area contributed by atoms with Gasteiger partial charge in [0.2, 0.25) is 0 Å². The number of likely N-dealkylation sites (tertiary alicyclic amines) is 1. The van der Waals surface area contributed by atoms with Crippen molar-refractivity contribution in [1.82, 2.24) is 14.8 Å². The van der Waals surface area contributed by atoms with Gasteiger partial charge >= 0.3 is 0 Å². The molecular formula is C29H31ClN4O4S. The van der Waals surface area contributed by atoms with Gasteiger partial charge in [-0.05, 0) is 68.0 Å². The second-order valence-electron chi connectivity index (χ2n) is 10.3. The normalized spacial score (nSPS) is 21.5. The lowest BCUT2D eigenvalue weighted by atomic mass is 9.96. The number of fused-ring (bicyclic) bond motifs is 1. The molecule has 2 aromatic carbocycles. The van der Waals surface area contributed by atoms with Crippen molar-refractivity contribution in [2.45, 2.75) is 44.2 Å². The lowest BCUT2D eigenvalue weighted by molar-refractivity contribution is 0.0139. The summed E-state index contributed by atoms with van der Waals surface area (Å²) in [6.45, 7) is 4.17. The molecule has 0 bridgehead atoms. The van der Waals surface area contributed by atoms with Gasteiger partial charge in [-0.2, -0.15) is 0 Å². The summed E-state index contributed by atoms with van der Waals surface area (Å²) in [6.07, 6.45) is 4.66. The van der Waals surface area contributed by atoms with Crippen molar-refractivity contribution in [2.75, 3.05) is 38.2 Å². The molecule has 2 atom stereocenters. The van der Waals surface area contributed by atoms with Gasteiger partial charge < -0.3 is 14.7 Å². The van der Waals surface area contributed by atoms with Crippen LogP contribution in [0.1, 0.15) is 62.2 Å². The first kappa shape index (κ1) is 26.3. The molecule has 1 aliphatic carbocycles. The molecule has 3 aromatic rings. The standard InChI is InChI=1S/C29H31ClN4O4S/c30-22-16-20(6-9-25(22)35)28(37)34-10-2-5-24(34)18-3-1-4-19(15-18)27(36)32-29-31-23-8-7-21(17-26(23)39-29)33-11-13-38-14-12-33/h1,3-4,6,9,15-16,21,24,35H,2,5,7-8,10-14,17H2,(H,31,32,36)/t21-,24+/m0/s1. The smallest absolute Gasteiger partial charge is 0.257 e. The number of amides is 2. The molecule has 0 unspecified atom stereocenters. The minimum atomic E-state index is -0.200. The molecule has 2 fully saturated rings. The van der Waals surface area contributed by atoms with Crippen molar-refractivity contribution >= 4 is 39.9 Å². The second kappa shape index (κ2) is 11.3.